The van der Waals surface area contributed by atoms with Gasteiger partial charge in [0.1, 0.15) is 5.82 Å². The van der Waals surface area contributed by atoms with Gasteiger partial charge in [0, 0.05) is 24.5 Å². The lowest BCUT2D eigenvalue weighted by Gasteiger charge is -2.20. The Morgan fingerprint density at radius 3 is 2.53 bits per heavy atom. The highest BCUT2D eigenvalue weighted by molar-refractivity contribution is 6.30. The molecule has 2 nitrogen and oxygen atoms in total. The molecule has 1 heterocycles. The summed E-state index contributed by atoms with van der Waals surface area (Å²) in [6.07, 6.45) is 3.57. The summed E-state index contributed by atoms with van der Waals surface area (Å²) in [5.74, 6) is -0.387. The average molecular weight is 279 g/mol. The Morgan fingerprint density at radius 2 is 1.89 bits per heavy atom. The molecule has 2 aromatic rings. The van der Waals surface area contributed by atoms with Crippen molar-refractivity contribution in [1.82, 2.24) is 10.3 Å². The number of hydrogen-bond donors (Lipinski definition) is 1. The van der Waals surface area contributed by atoms with E-state index in [4.69, 9.17) is 11.6 Å². The molecule has 0 spiro atoms. The third kappa shape index (κ3) is 3.52. The molecule has 1 aromatic heterocycles. The van der Waals surface area contributed by atoms with Gasteiger partial charge in [-0.3, -0.25) is 4.98 Å². The second-order valence-electron chi connectivity index (χ2n) is 4.57. The van der Waals surface area contributed by atoms with Crippen LogP contribution in [-0.2, 0) is 0 Å². The van der Waals surface area contributed by atoms with Gasteiger partial charge in [0.15, 0.2) is 0 Å². The molecule has 0 saturated carbocycles. The second-order valence-corrected chi connectivity index (χ2v) is 4.98. The van der Waals surface area contributed by atoms with Crippen LogP contribution >= 0.6 is 11.6 Å². The summed E-state index contributed by atoms with van der Waals surface area (Å²) in [5.41, 5.74) is 1.97. The molecule has 0 saturated heterocycles. The lowest BCUT2D eigenvalue weighted by Crippen LogP contribution is -2.22. The van der Waals surface area contributed by atoms with Gasteiger partial charge in [0.2, 0.25) is 0 Å². The third-order valence-corrected chi connectivity index (χ3v) is 3.43. The zero-order valence-corrected chi connectivity index (χ0v) is 11.7. The maximum absolute atomic E-state index is 13.4. The quantitative estimate of drug-likeness (QED) is 0.903. The first kappa shape index (κ1) is 14.0. The fourth-order valence-corrected chi connectivity index (χ4v) is 2.10. The van der Waals surface area contributed by atoms with E-state index < -0.39 is 0 Å². The van der Waals surface area contributed by atoms with E-state index >= 15 is 0 Å². The fourth-order valence-electron chi connectivity index (χ4n) is 1.98. The smallest absolute Gasteiger partial charge is 0.142 e. The van der Waals surface area contributed by atoms with E-state index in [2.05, 4.69) is 17.2 Å². The van der Waals surface area contributed by atoms with Gasteiger partial charge in [-0.15, -0.1) is 0 Å². The first-order valence-corrected chi connectivity index (χ1v) is 6.56. The molecule has 0 aliphatic carbocycles. The van der Waals surface area contributed by atoms with E-state index in [-0.39, 0.29) is 22.9 Å². The van der Waals surface area contributed by atoms with E-state index in [1.54, 1.807) is 12.3 Å². The molecule has 19 heavy (non-hydrogen) atoms. The summed E-state index contributed by atoms with van der Waals surface area (Å²) in [7, 11) is 0. The third-order valence-electron chi connectivity index (χ3n) is 3.13. The van der Waals surface area contributed by atoms with Crippen LogP contribution in [-0.4, -0.2) is 4.98 Å². The fraction of sp³-hybridized carbons (Fsp3) is 0.267. The summed E-state index contributed by atoms with van der Waals surface area (Å²) >= 11 is 5.68. The summed E-state index contributed by atoms with van der Waals surface area (Å²) in [5, 5.41) is 3.56. The molecule has 0 aliphatic heterocycles. The van der Waals surface area contributed by atoms with Crippen molar-refractivity contribution in [2.75, 3.05) is 0 Å². The molecule has 0 amide bonds. The summed E-state index contributed by atoms with van der Waals surface area (Å²) < 4.78 is 13.4. The molecular weight excluding hydrogens is 263 g/mol. The van der Waals surface area contributed by atoms with Crippen LogP contribution in [0.5, 0.6) is 0 Å². The molecule has 0 radical (unpaired) electrons. The van der Waals surface area contributed by atoms with E-state index in [1.165, 1.54) is 6.07 Å². The van der Waals surface area contributed by atoms with Crippen molar-refractivity contribution in [2.24, 2.45) is 0 Å². The Bertz CT molecular complexity index is 545. The normalized spacial score (nSPS) is 14.1. The van der Waals surface area contributed by atoms with Gasteiger partial charge < -0.3 is 5.32 Å². The molecule has 0 fully saturated rings. The summed E-state index contributed by atoms with van der Waals surface area (Å²) in [6, 6.07) is 8.97. The highest BCUT2D eigenvalue weighted by atomic mass is 35.5. The van der Waals surface area contributed by atoms with Crippen molar-refractivity contribution >= 4 is 11.6 Å². The molecule has 1 N–H and O–H groups in total. The molecule has 1 unspecified atom stereocenters. The van der Waals surface area contributed by atoms with Crippen molar-refractivity contribution in [3.05, 3.63) is 64.7 Å². The number of nitrogens with one attached hydrogen (secondary N) is 1. The molecule has 1 aromatic carbocycles. The van der Waals surface area contributed by atoms with Crippen LogP contribution in [0.2, 0.25) is 5.02 Å². The number of pyridine rings is 1. The Morgan fingerprint density at radius 1 is 1.16 bits per heavy atom. The Hall–Kier alpha value is -1.45. The van der Waals surface area contributed by atoms with Gasteiger partial charge in [-0.2, -0.15) is 0 Å². The van der Waals surface area contributed by atoms with E-state index in [0.29, 0.717) is 0 Å². The standard InChI is InChI=1S/C15H16ClFN2/c1-10(12-5-6-14(16)15(17)8-12)19-11(2)13-4-3-7-18-9-13/h3-11,19H,1-2H3/t10?,11-/m0/s1. The van der Waals surface area contributed by atoms with Crippen molar-refractivity contribution in [3.8, 4) is 0 Å². The van der Waals surface area contributed by atoms with Crippen molar-refractivity contribution in [1.29, 1.82) is 0 Å². The Balaban J connectivity index is 2.08. The van der Waals surface area contributed by atoms with E-state index in [1.807, 2.05) is 31.3 Å². The minimum Gasteiger partial charge on any atom is -0.304 e. The predicted octanol–water partition coefficient (Wildman–Crippen LogP) is 4.29. The van der Waals surface area contributed by atoms with Crippen LogP contribution in [0, 0.1) is 5.82 Å². The maximum Gasteiger partial charge on any atom is 0.142 e. The van der Waals surface area contributed by atoms with Gasteiger partial charge in [0.05, 0.1) is 5.02 Å². The number of hydrogen-bond acceptors (Lipinski definition) is 2. The highest BCUT2D eigenvalue weighted by Crippen LogP contribution is 2.22. The van der Waals surface area contributed by atoms with Crippen LogP contribution in [0.4, 0.5) is 4.39 Å². The van der Waals surface area contributed by atoms with Crippen LogP contribution < -0.4 is 5.32 Å². The van der Waals surface area contributed by atoms with E-state index in [9.17, 15) is 4.39 Å². The van der Waals surface area contributed by atoms with Gasteiger partial charge in [-0.05, 0) is 43.2 Å². The van der Waals surface area contributed by atoms with Crippen molar-refractivity contribution < 1.29 is 4.39 Å². The van der Waals surface area contributed by atoms with Crippen molar-refractivity contribution in [2.45, 2.75) is 25.9 Å². The van der Waals surface area contributed by atoms with Gasteiger partial charge >= 0.3 is 0 Å². The lowest BCUT2D eigenvalue weighted by molar-refractivity contribution is 0.491. The van der Waals surface area contributed by atoms with Crippen LogP contribution in [0.25, 0.3) is 0 Å². The number of benzene rings is 1. The number of nitrogens with zero attached hydrogens (tertiary/aromatic N) is 1. The molecule has 2 rings (SSSR count). The number of halogens is 2. The minimum atomic E-state index is -0.387. The molecule has 0 aliphatic rings. The van der Waals surface area contributed by atoms with Crippen molar-refractivity contribution in [3.63, 3.8) is 0 Å². The molecule has 0 bridgehead atoms. The Kier molecular flexibility index (Phi) is 4.51. The lowest BCUT2D eigenvalue weighted by atomic mass is 10.1. The second kappa shape index (κ2) is 6.13. The van der Waals surface area contributed by atoms with Gasteiger partial charge in [-0.25, -0.2) is 4.39 Å². The summed E-state index contributed by atoms with van der Waals surface area (Å²) in [4.78, 5) is 4.09. The van der Waals surface area contributed by atoms with Gasteiger partial charge in [-0.1, -0.05) is 23.7 Å². The molecule has 2 atom stereocenters. The topological polar surface area (TPSA) is 24.9 Å². The van der Waals surface area contributed by atoms with Gasteiger partial charge in [0.25, 0.3) is 0 Å². The van der Waals surface area contributed by atoms with Crippen LogP contribution in [0.15, 0.2) is 42.7 Å². The monoisotopic (exact) mass is 278 g/mol. The number of aromatic nitrogens is 1. The van der Waals surface area contributed by atoms with E-state index in [0.717, 1.165) is 11.1 Å². The highest BCUT2D eigenvalue weighted by Gasteiger charge is 2.12. The molecule has 4 heteroatoms. The first-order valence-electron chi connectivity index (χ1n) is 6.19. The molecule has 100 valence electrons. The average Bonchev–Trinajstić information content (AvgIpc) is 2.42. The van der Waals surface area contributed by atoms with Crippen LogP contribution in [0.1, 0.15) is 37.1 Å². The zero-order chi connectivity index (χ0) is 13.8. The summed E-state index contributed by atoms with van der Waals surface area (Å²) in [6.45, 7) is 4.05. The number of rotatable bonds is 4. The SMILES string of the molecule is CC(N[C@@H](C)c1cccnc1)c1ccc(Cl)c(F)c1. The largest absolute Gasteiger partial charge is 0.304 e. The molecular formula is C15H16ClFN2. The van der Waals surface area contributed by atoms with Crippen LogP contribution in [0.3, 0.4) is 0 Å². The first-order chi connectivity index (χ1) is 9.08. The Labute approximate surface area is 117 Å². The predicted molar refractivity (Wildman–Crippen MR) is 75.6 cm³/mol. The zero-order valence-electron chi connectivity index (χ0n) is 10.9. The minimum absolute atomic E-state index is 0.0296. The maximum atomic E-state index is 13.4.